The van der Waals surface area contributed by atoms with Crippen molar-refractivity contribution < 1.29 is 15.3 Å². The van der Waals surface area contributed by atoms with Gasteiger partial charge in [-0.05, 0) is 18.2 Å². The fourth-order valence-electron chi connectivity index (χ4n) is 0.974. The minimum atomic E-state index is -1.27. The summed E-state index contributed by atoms with van der Waals surface area (Å²) in [7, 11) is 0. The molecule has 0 spiro atoms. The smallest absolute Gasteiger partial charge is 0.119 e. The van der Waals surface area contributed by atoms with Gasteiger partial charge < -0.3 is 15.3 Å². The molecule has 0 unspecified atom stereocenters. The van der Waals surface area contributed by atoms with E-state index in [1.807, 2.05) is 0 Å². The van der Waals surface area contributed by atoms with Crippen LogP contribution < -0.4 is 5.43 Å². The molecule has 0 fully saturated rings. The number of aliphatic hydroxyl groups is 3. The summed E-state index contributed by atoms with van der Waals surface area (Å²) < 4.78 is 0. The van der Waals surface area contributed by atoms with Gasteiger partial charge in [0, 0.05) is 5.02 Å². The van der Waals surface area contributed by atoms with Gasteiger partial charge in [-0.15, -0.1) is 0 Å². The SMILES string of the molecule is OC[C@@H](O)[C@@H](O)/C=N/Nc1cc(Cl)ccc1Cl. The lowest BCUT2D eigenvalue weighted by atomic mass is 10.2. The molecule has 7 heteroatoms. The second kappa shape index (κ2) is 6.78. The predicted octanol–water partition coefficient (Wildman–Crippen LogP) is 1.11. The highest BCUT2D eigenvalue weighted by molar-refractivity contribution is 6.35. The molecule has 2 atom stereocenters. The van der Waals surface area contributed by atoms with Gasteiger partial charge in [0.05, 0.1) is 23.5 Å². The van der Waals surface area contributed by atoms with Crippen LogP contribution in [-0.2, 0) is 0 Å². The molecular formula is C10H12Cl2N2O3. The molecule has 0 aromatic heterocycles. The second-order valence-electron chi connectivity index (χ2n) is 3.25. The first-order chi connectivity index (χ1) is 8.04. The molecule has 5 nitrogen and oxygen atoms in total. The monoisotopic (exact) mass is 278 g/mol. The van der Waals surface area contributed by atoms with Gasteiger partial charge in [-0.2, -0.15) is 5.10 Å². The van der Waals surface area contributed by atoms with Crippen LogP contribution >= 0.6 is 23.2 Å². The Morgan fingerprint density at radius 2 is 2.06 bits per heavy atom. The van der Waals surface area contributed by atoms with E-state index in [9.17, 15) is 5.11 Å². The van der Waals surface area contributed by atoms with Crippen molar-refractivity contribution in [2.45, 2.75) is 12.2 Å². The van der Waals surface area contributed by atoms with Crippen LogP contribution in [0.5, 0.6) is 0 Å². The Morgan fingerprint density at radius 3 is 2.71 bits per heavy atom. The summed E-state index contributed by atoms with van der Waals surface area (Å²) in [5.41, 5.74) is 3.04. The minimum Gasteiger partial charge on any atom is -0.394 e. The van der Waals surface area contributed by atoms with Crippen molar-refractivity contribution in [3.63, 3.8) is 0 Å². The van der Waals surface area contributed by atoms with Crippen LogP contribution in [0.15, 0.2) is 23.3 Å². The molecule has 0 bridgehead atoms. The Balaban J connectivity index is 2.61. The fraction of sp³-hybridized carbons (Fsp3) is 0.300. The van der Waals surface area contributed by atoms with Gasteiger partial charge in [-0.1, -0.05) is 23.2 Å². The topological polar surface area (TPSA) is 85.1 Å². The zero-order valence-electron chi connectivity index (χ0n) is 8.72. The molecule has 0 aliphatic heterocycles. The minimum absolute atomic E-state index is 0.420. The number of nitrogens with one attached hydrogen (secondary N) is 1. The molecule has 17 heavy (non-hydrogen) atoms. The number of hydrazone groups is 1. The fourth-order valence-corrected chi connectivity index (χ4v) is 1.31. The Morgan fingerprint density at radius 1 is 1.35 bits per heavy atom. The predicted molar refractivity (Wildman–Crippen MR) is 67.7 cm³/mol. The summed E-state index contributed by atoms with van der Waals surface area (Å²) in [5, 5.41) is 31.5. The summed E-state index contributed by atoms with van der Waals surface area (Å²) in [5.74, 6) is 0. The van der Waals surface area contributed by atoms with Crippen molar-refractivity contribution in [1.82, 2.24) is 0 Å². The standard InChI is InChI=1S/C10H12Cl2N2O3/c11-6-1-2-7(12)8(3-6)14-13-4-9(16)10(17)5-15/h1-4,9-10,14-17H,5H2/b13-4+/t9-,10+/m0/s1. The van der Waals surface area contributed by atoms with E-state index in [4.69, 9.17) is 33.4 Å². The van der Waals surface area contributed by atoms with E-state index in [2.05, 4.69) is 10.5 Å². The highest BCUT2D eigenvalue weighted by atomic mass is 35.5. The van der Waals surface area contributed by atoms with E-state index in [1.54, 1.807) is 18.2 Å². The number of aliphatic hydroxyl groups excluding tert-OH is 3. The van der Waals surface area contributed by atoms with E-state index >= 15 is 0 Å². The lowest BCUT2D eigenvalue weighted by Crippen LogP contribution is -2.30. The Labute approximate surface area is 108 Å². The van der Waals surface area contributed by atoms with Crippen LogP contribution in [0, 0.1) is 0 Å². The number of nitrogens with zero attached hydrogens (tertiary/aromatic N) is 1. The molecule has 1 rings (SSSR count). The molecule has 0 saturated carbocycles. The molecule has 0 aliphatic rings. The van der Waals surface area contributed by atoms with Crippen LogP contribution in [0.25, 0.3) is 0 Å². The average Bonchev–Trinajstić information content (AvgIpc) is 2.32. The lowest BCUT2D eigenvalue weighted by molar-refractivity contribution is 0.0204. The van der Waals surface area contributed by atoms with Gasteiger partial charge in [0.2, 0.25) is 0 Å². The molecular weight excluding hydrogens is 267 g/mol. The van der Waals surface area contributed by atoms with E-state index in [0.29, 0.717) is 15.7 Å². The van der Waals surface area contributed by atoms with Crippen LogP contribution in [0.1, 0.15) is 0 Å². The summed E-state index contributed by atoms with van der Waals surface area (Å²) in [6.45, 7) is -0.550. The molecule has 1 aromatic carbocycles. The average molecular weight is 279 g/mol. The number of hydrogen-bond acceptors (Lipinski definition) is 5. The van der Waals surface area contributed by atoms with Gasteiger partial charge in [-0.3, -0.25) is 5.43 Å². The van der Waals surface area contributed by atoms with Crippen LogP contribution in [0.3, 0.4) is 0 Å². The number of benzene rings is 1. The van der Waals surface area contributed by atoms with Crippen LogP contribution in [-0.4, -0.2) is 40.3 Å². The first kappa shape index (κ1) is 14.2. The maximum absolute atomic E-state index is 9.26. The van der Waals surface area contributed by atoms with Crippen molar-refractivity contribution in [3.05, 3.63) is 28.2 Å². The lowest BCUT2D eigenvalue weighted by Gasteiger charge is -2.10. The number of anilines is 1. The van der Waals surface area contributed by atoms with Crippen molar-refractivity contribution in [2.24, 2.45) is 5.10 Å². The summed E-state index contributed by atoms with van der Waals surface area (Å²) >= 11 is 11.6. The second-order valence-corrected chi connectivity index (χ2v) is 4.10. The van der Waals surface area contributed by atoms with E-state index < -0.39 is 18.8 Å². The quantitative estimate of drug-likeness (QED) is 0.480. The van der Waals surface area contributed by atoms with Crippen molar-refractivity contribution in [3.8, 4) is 0 Å². The summed E-state index contributed by atoms with van der Waals surface area (Å²) in [6.07, 6.45) is -1.47. The Bertz CT molecular complexity index is 401. The van der Waals surface area contributed by atoms with E-state index in [0.717, 1.165) is 6.21 Å². The Kier molecular flexibility index (Phi) is 5.67. The third-order valence-electron chi connectivity index (χ3n) is 1.92. The molecule has 0 heterocycles. The molecule has 1 aromatic rings. The number of halogens is 2. The van der Waals surface area contributed by atoms with Gasteiger partial charge in [0.1, 0.15) is 12.2 Å². The van der Waals surface area contributed by atoms with Crippen molar-refractivity contribution in [1.29, 1.82) is 0 Å². The third kappa shape index (κ3) is 4.49. The van der Waals surface area contributed by atoms with Crippen LogP contribution in [0.2, 0.25) is 10.0 Å². The van der Waals surface area contributed by atoms with Crippen molar-refractivity contribution in [2.75, 3.05) is 12.0 Å². The largest absolute Gasteiger partial charge is 0.394 e. The zero-order valence-corrected chi connectivity index (χ0v) is 10.2. The number of hydrogen-bond donors (Lipinski definition) is 4. The molecule has 4 N–H and O–H groups in total. The van der Waals surface area contributed by atoms with Gasteiger partial charge >= 0.3 is 0 Å². The molecule has 0 amide bonds. The molecule has 0 saturated heterocycles. The van der Waals surface area contributed by atoms with Gasteiger partial charge in [0.15, 0.2) is 0 Å². The molecule has 94 valence electrons. The Hall–Kier alpha value is -0.850. The summed E-state index contributed by atoms with van der Waals surface area (Å²) in [6, 6.07) is 4.79. The summed E-state index contributed by atoms with van der Waals surface area (Å²) in [4.78, 5) is 0. The zero-order chi connectivity index (χ0) is 12.8. The highest BCUT2D eigenvalue weighted by Crippen LogP contribution is 2.25. The third-order valence-corrected chi connectivity index (χ3v) is 2.49. The molecule has 0 radical (unpaired) electrons. The first-order valence-electron chi connectivity index (χ1n) is 4.76. The molecule has 0 aliphatic carbocycles. The first-order valence-corrected chi connectivity index (χ1v) is 5.51. The van der Waals surface area contributed by atoms with E-state index in [-0.39, 0.29) is 0 Å². The maximum Gasteiger partial charge on any atom is 0.119 e. The normalized spacial score (nSPS) is 14.9. The van der Waals surface area contributed by atoms with Gasteiger partial charge in [0.25, 0.3) is 0 Å². The van der Waals surface area contributed by atoms with Crippen LogP contribution in [0.4, 0.5) is 5.69 Å². The highest BCUT2D eigenvalue weighted by Gasteiger charge is 2.11. The van der Waals surface area contributed by atoms with Gasteiger partial charge in [-0.25, -0.2) is 0 Å². The number of rotatable bonds is 5. The van der Waals surface area contributed by atoms with Crippen molar-refractivity contribution >= 4 is 35.1 Å². The maximum atomic E-state index is 9.26. The van der Waals surface area contributed by atoms with E-state index in [1.165, 1.54) is 0 Å².